The van der Waals surface area contributed by atoms with Crippen LogP contribution >= 0.6 is 0 Å². The molecular formula is C22H25N3O6. The van der Waals surface area contributed by atoms with E-state index < -0.39 is 11.9 Å². The first kappa shape index (κ1) is 22.1. The third-order valence-electron chi connectivity index (χ3n) is 5.12. The minimum atomic E-state index is -1.82. The van der Waals surface area contributed by atoms with Gasteiger partial charge >= 0.3 is 11.9 Å². The lowest BCUT2D eigenvalue weighted by Crippen LogP contribution is -2.46. The Labute approximate surface area is 179 Å². The first-order chi connectivity index (χ1) is 14.9. The van der Waals surface area contributed by atoms with Crippen LogP contribution in [-0.2, 0) is 9.59 Å². The zero-order valence-corrected chi connectivity index (χ0v) is 17.4. The fourth-order valence-electron chi connectivity index (χ4n) is 3.37. The molecule has 0 bridgehead atoms. The molecule has 0 radical (unpaired) electrons. The number of hydrogen-bond acceptors (Lipinski definition) is 7. The number of aromatic nitrogens is 1. The molecule has 0 amide bonds. The van der Waals surface area contributed by atoms with Gasteiger partial charge in [-0.3, -0.25) is 0 Å². The predicted octanol–water partition coefficient (Wildman–Crippen LogP) is 2.80. The molecule has 164 valence electrons. The van der Waals surface area contributed by atoms with Crippen molar-refractivity contribution in [1.82, 2.24) is 9.88 Å². The van der Waals surface area contributed by atoms with E-state index in [-0.39, 0.29) is 0 Å². The van der Waals surface area contributed by atoms with Crippen LogP contribution in [0.5, 0.6) is 5.75 Å². The van der Waals surface area contributed by atoms with Gasteiger partial charge in [0.25, 0.3) is 0 Å². The largest absolute Gasteiger partial charge is 0.497 e. The van der Waals surface area contributed by atoms with Crippen LogP contribution in [0.1, 0.15) is 6.92 Å². The van der Waals surface area contributed by atoms with Gasteiger partial charge in [-0.25, -0.2) is 14.6 Å². The average molecular weight is 427 g/mol. The number of anilines is 1. The minimum absolute atomic E-state index is 0.846. The van der Waals surface area contributed by atoms with Gasteiger partial charge < -0.3 is 29.2 Å². The highest BCUT2D eigenvalue weighted by atomic mass is 16.5. The molecule has 0 saturated carbocycles. The molecular weight excluding hydrogens is 402 g/mol. The van der Waals surface area contributed by atoms with Crippen molar-refractivity contribution in [3.63, 3.8) is 0 Å². The van der Waals surface area contributed by atoms with Gasteiger partial charge in [0.1, 0.15) is 17.2 Å². The van der Waals surface area contributed by atoms with Crippen molar-refractivity contribution in [1.29, 1.82) is 0 Å². The lowest BCUT2D eigenvalue weighted by molar-refractivity contribution is -0.159. The lowest BCUT2D eigenvalue weighted by atomic mass is 10.1. The number of benzene rings is 1. The van der Waals surface area contributed by atoms with Gasteiger partial charge in [-0.05, 0) is 36.9 Å². The number of aliphatic carboxylic acids is 2. The van der Waals surface area contributed by atoms with Crippen LogP contribution < -0.4 is 9.64 Å². The number of furan rings is 1. The molecule has 0 atom stereocenters. The van der Waals surface area contributed by atoms with E-state index in [1.165, 1.54) is 0 Å². The minimum Gasteiger partial charge on any atom is -0.497 e. The number of methoxy groups -OCH3 is 1. The predicted molar refractivity (Wildman–Crippen MR) is 116 cm³/mol. The van der Waals surface area contributed by atoms with Gasteiger partial charge in [0.05, 0.1) is 24.5 Å². The number of hydrogen-bond donors (Lipinski definition) is 2. The highest BCUT2D eigenvalue weighted by Gasteiger charge is 2.20. The number of likely N-dealkylation sites (N-methyl/N-ethyl adjacent to an activating group) is 1. The molecule has 1 fully saturated rings. The highest BCUT2D eigenvalue weighted by Crippen LogP contribution is 2.32. The zero-order valence-electron chi connectivity index (χ0n) is 17.4. The summed E-state index contributed by atoms with van der Waals surface area (Å²) in [4.78, 5) is 28.0. The molecule has 1 saturated heterocycles. The normalized spacial score (nSPS) is 14.1. The van der Waals surface area contributed by atoms with Crippen LogP contribution in [0.15, 0.2) is 47.1 Å². The van der Waals surface area contributed by atoms with E-state index in [1.807, 2.05) is 36.4 Å². The molecule has 0 unspecified atom stereocenters. The van der Waals surface area contributed by atoms with E-state index in [0.29, 0.717) is 0 Å². The number of carboxylic acid groups (broad SMARTS) is 2. The van der Waals surface area contributed by atoms with E-state index in [1.54, 1.807) is 13.4 Å². The molecule has 2 N–H and O–H groups in total. The van der Waals surface area contributed by atoms with Crippen LogP contribution in [0.4, 0.5) is 5.82 Å². The number of piperazine rings is 1. The van der Waals surface area contributed by atoms with Gasteiger partial charge in [0, 0.05) is 37.8 Å². The molecule has 9 nitrogen and oxygen atoms in total. The number of carboxylic acids is 2. The van der Waals surface area contributed by atoms with Crippen molar-refractivity contribution in [3.8, 4) is 17.0 Å². The van der Waals surface area contributed by atoms with Gasteiger partial charge in [-0.15, -0.1) is 0 Å². The maximum absolute atomic E-state index is 9.10. The van der Waals surface area contributed by atoms with Crippen LogP contribution in [0, 0.1) is 0 Å². The molecule has 1 aliphatic heterocycles. The molecule has 1 aromatic carbocycles. The smallest absolute Gasteiger partial charge is 0.414 e. The SMILES string of the molecule is CCN1CCN(c2nc(-c3ccc(OC)cc3)cc3occc23)CC1.O=C(O)C(=O)O. The summed E-state index contributed by atoms with van der Waals surface area (Å²) in [5.74, 6) is -1.78. The maximum atomic E-state index is 9.10. The van der Waals surface area contributed by atoms with Crippen LogP contribution in [0.25, 0.3) is 22.2 Å². The van der Waals surface area contributed by atoms with E-state index >= 15 is 0 Å². The first-order valence-electron chi connectivity index (χ1n) is 9.89. The Kier molecular flexibility index (Phi) is 7.09. The Bertz CT molecular complexity index is 1030. The number of carbonyl (C=O) groups is 2. The second-order valence-corrected chi connectivity index (χ2v) is 6.92. The van der Waals surface area contributed by atoms with Crippen molar-refractivity contribution in [3.05, 3.63) is 42.7 Å². The summed E-state index contributed by atoms with van der Waals surface area (Å²) >= 11 is 0. The van der Waals surface area contributed by atoms with Gasteiger partial charge in [-0.2, -0.15) is 0 Å². The summed E-state index contributed by atoms with van der Waals surface area (Å²) < 4.78 is 10.9. The van der Waals surface area contributed by atoms with Crippen LogP contribution in [-0.4, -0.2) is 71.9 Å². The number of ether oxygens (including phenoxy) is 1. The number of pyridine rings is 1. The standard InChI is InChI=1S/C20H23N3O2.C2H2O4/c1-3-22-9-11-23(12-10-22)20-17-8-13-25-19(17)14-18(21-20)15-4-6-16(24-2)7-5-15;3-1(4)2(5)6/h4-8,13-14H,3,9-12H2,1-2H3;(H,3,4)(H,5,6). The fourth-order valence-corrected chi connectivity index (χ4v) is 3.37. The first-order valence-corrected chi connectivity index (χ1v) is 9.89. The van der Waals surface area contributed by atoms with E-state index in [0.717, 1.165) is 66.5 Å². The van der Waals surface area contributed by atoms with Crippen molar-refractivity contribution >= 4 is 28.7 Å². The molecule has 9 heteroatoms. The molecule has 2 aromatic heterocycles. The van der Waals surface area contributed by atoms with Crippen LogP contribution in [0.3, 0.4) is 0 Å². The van der Waals surface area contributed by atoms with Crippen molar-refractivity contribution in [2.45, 2.75) is 6.92 Å². The fraction of sp³-hybridized carbons (Fsp3) is 0.318. The summed E-state index contributed by atoms with van der Waals surface area (Å²) in [6, 6.07) is 12.0. The van der Waals surface area contributed by atoms with Crippen LogP contribution in [0.2, 0.25) is 0 Å². The molecule has 4 rings (SSSR count). The molecule has 31 heavy (non-hydrogen) atoms. The molecule has 1 aliphatic rings. The summed E-state index contributed by atoms with van der Waals surface area (Å²) in [6.45, 7) is 7.45. The summed E-state index contributed by atoms with van der Waals surface area (Å²) in [6.07, 6.45) is 1.75. The number of nitrogens with zero attached hydrogens (tertiary/aromatic N) is 3. The Morgan fingerprint density at radius 3 is 2.26 bits per heavy atom. The molecule has 0 aliphatic carbocycles. The second-order valence-electron chi connectivity index (χ2n) is 6.92. The van der Waals surface area contributed by atoms with Crippen molar-refractivity contribution < 1.29 is 29.0 Å². The van der Waals surface area contributed by atoms with Crippen molar-refractivity contribution in [2.24, 2.45) is 0 Å². The molecule has 3 heterocycles. The number of rotatable bonds is 4. The van der Waals surface area contributed by atoms with Gasteiger partial charge in [0.15, 0.2) is 0 Å². The second kappa shape index (κ2) is 9.94. The van der Waals surface area contributed by atoms with Crippen molar-refractivity contribution in [2.75, 3.05) is 44.7 Å². The lowest BCUT2D eigenvalue weighted by Gasteiger charge is -2.35. The Morgan fingerprint density at radius 1 is 1.06 bits per heavy atom. The Balaban J connectivity index is 0.000000401. The monoisotopic (exact) mass is 427 g/mol. The topological polar surface area (TPSA) is 116 Å². The van der Waals surface area contributed by atoms with Gasteiger partial charge in [0.2, 0.25) is 0 Å². The van der Waals surface area contributed by atoms with E-state index in [2.05, 4.69) is 16.7 Å². The Hall–Kier alpha value is -3.59. The summed E-state index contributed by atoms with van der Waals surface area (Å²) in [5.41, 5.74) is 2.87. The third kappa shape index (κ3) is 5.32. The van der Waals surface area contributed by atoms with E-state index in [9.17, 15) is 0 Å². The summed E-state index contributed by atoms with van der Waals surface area (Å²) in [7, 11) is 1.68. The average Bonchev–Trinajstić information content (AvgIpc) is 3.28. The Morgan fingerprint density at radius 2 is 1.71 bits per heavy atom. The third-order valence-corrected chi connectivity index (χ3v) is 5.12. The summed E-state index contributed by atoms with van der Waals surface area (Å²) in [5, 5.41) is 15.9. The van der Waals surface area contributed by atoms with E-state index in [4.69, 9.17) is 33.9 Å². The number of fused-ring (bicyclic) bond motifs is 1. The highest BCUT2D eigenvalue weighted by molar-refractivity contribution is 6.27. The zero-order chi connectivity index (χ0) is 22.4. The molecule has 0 spiro atoms. The molecule has 3 aromatic rings. The van der Waals surface area contributed by atoms with Gasteiger partial charge in [-0.1, -0.05) is 6.92 Å². The maximum Gasteiger partial charge on any atom is 0.414 e. The quantitative estimate of drug-likeness (QED) is 0.606.